The largest absolute Gasteiger partial charge is 0.356 e. The van der Waals surface area contributed by atoms with Crippen LogP contribution in [0.25, 0.3) is 0 Å². The lowest BCUT2D eigenvalue weighted by Crippen LogP contribution is -2.49. The summed E-state index contributed by atoms with van der Waals surface area (Å²) >= 11 is 0. The molecule has 1 aliphatic rings. The van der Waals surface area contributed by atoms with Crippen LogP contribution in [-0.2, 0) is 14.4 Å². The maximum atomic E-state index is 12.0. The van der Waals surface area contributed by atoms with E-state index in [-0.39, 0.29) is 30.2 Å². The van der Waals surface area contributed by atoms with Gasteiger partial charge in [-0.15, -0.1) is 0 Å². The highest BCUT2D eigenvalue weighted by atomic mass is 16.2. The molecule has 0 aliphatic carbocycles. The zero-order valence-corrected chi connectivity index (χ0v) is 15.4. The molecule has 1 saturated heterocycles. The monoisotopic (exact) mass is 340 g/mol. The summed E-state index contributed by atoms with van der Waals surface area (Å²) in [6.07, 6.45) is 3.63. The van der Waals surface area contributed by atoms with E-state index in [1.807, 2.05) is 4.90 Å². The van der Waals surface area contributed by atoms with Gasteiger partial charge < -0.3 is 15.5 Å². The van der Waals surface area contributed by atoms with Crippen LogP contribution in [0.1, 0.15) is 39.5 Å². The number of likely N-dealkylation sites (tertiary alicyclic amines) is 1. The SMILES string of the molecule is CCCCNC(=O)C1CCN(CC(=O)NC(C)C(=O)N(C)C)CC1. The fourth-order valence-electron chi connectivity index (χ4n) is 2.83. The molecule has 0 aromatic rings. The Morgan fingerprint density at radius 2 is 1.83 bits per heavy atom. The van der Waals surface area contributed by atoms with Crippen molar-refractivity contribution in [3.05, 3.63) is 0 Å². The van der Waals surface area contributed by atoms with Gasteiger partial charge in [-0.2, -0.15) is 0 Å². The van der Waals surface area contributed by atoms with Crippen LogP contribution in [-0.4, -0.2) is 73.8 Å². The molecule has 0 bridgehead atoms. The Morgan fingerprint density at radius 3 is 2.38 bits per heavy atom. The lowest BCUT2D eigenvalue weighted by molar-refractivity contribution is -0.134. The van der Waals surface area contributed by atoms with Gasteiger partial charge in [0.05, 0.1) is 6.54 Å². The average Bonchev–Trinajstić information content (AvgIpc) is 2.54. The molecule has 1 fully saturated rings. The average molecular weight is 340 g/mol. The Balaban J connectivity index is 2.29. The molecule has 1 atom stereocenters. The van der Waals surface area contributed by atoms with E-state index < -0.39 is 6.04 Å². The maximum Gasteiger partial charge on any atom is 0.244 e. The zero-order valence-electron chi connectivity index (χ0n) is 15.4. The van der Waals surface area contributed by atoms with E-state index in [4.69, 9.17) is 0 Å². The summed E-state index contributed by atoms with van der Waals surface area (Å²) in [4.78, 5) is 39.3. The van der Waals surface area contributed by atoms with Crippen LogP contribution in [0, 0.1) is 5.92 Å². The number of amides is 3. The molecule has 0 aromatic carbocycles. The van der Waals surface area contributed by atoms with Crippen molar-refractivity contribution >= 4 is 17.7 Å². The van der Waals surface area contributed by atoms with Crippen LogP contribution in [0.15, 0.2) is 0 Å². The Hall–Kier alpha value is -1.63. The molecular weight excluding hydrogens is 308 g/mol. The second kappa shape index (κ2) is 10.3. The van der Waals surface area contributed by atoms with Crippen molar-refractivity contribution in [2.75, 3.05) is 40.3 Å². The predicted molar refractivity (Wildman–Crippen MR) is 93.4 cm³/mol. The smallest absolute Gasteiger partial charge is 0.244 e. The normalized spacial score (nSPS) is 17.2. The van der Waals surface area contributed by atoms with Gasteiger partial charge in [-0.05, 0) is 39.3 Å². The Labute approximate surface area is 145 Å². The number of hydrogen-bond acceptors (Lipinski definition) is 4. The lowest BCUT2D eigenvalue weighted by atomic mass is 9.96. The van der Waals surface area contributed by atoms with Crippen molar-refractivity contribution in [2.45, 2.75) is 45.6 Å². The van der Waals surface area contributed by atoms with Crippen molar-refractivity contribution in [1.29, 1.82) is 0 Å². The molecular formula is C17H32N4O3. The molecule has 1 unspecified atom stereocenters. The Morgan fingerprint density at radius 1 is 1.21 bits per heavy atom. The zero-order chi connectivity index (χ0) is 18.1. The first kappa shape index (κ1) is 20.4. The van der Waals surface area contributed by atoms with Gasteiger partial charge in [0.1, 0.15) is 6.04 Å². The lowest BCUT2D eigenvalue weighted by Gasteiger charge is -2.31. The highest BCUT2D eigenvalue weighted by molar-refractivity contribution is 5.87. The molecule has 0 saturated carbocycles. The van der Waals surface area contributed by atoms with E-state index in [1.165, 1.54) is 4.90 Å². The van der Waals surface area contributed by atoms with Gasteiger partial charge in [0.15, 0.2) is 0 Å². The first-order valence-electron chi connectivity index (χ1n) is 8.85. The third-order valence-corrected chi connectivity index (χ3v) is 4.34. The highest BCUT2D eigenvalue weighted by Gasteiger charge is 2.26. The molecule has 7 heteroatoms. The second-order valence-corrected chi connectivity index (χ2v) is 6.72. The molecule has 138 valence electrons. The fourth-order valence-corrected chi connectivity index (χ4v) is 2.83. The van der Waals surface area contributed by atoms with Crippen LogP contribution in [0.4, 0.5) is 0 Å². The molecule has 24 heavy (non-hydrogen) atoms. The van der Waals surface area contributed by atoms with Crippen molar-refractivity contribution in [2.24, 2.45) is 5.92 Å². The van der Waals surface area contributed by atoms with E-state index in [0.29, 0.717) is 0 Å². The van der Waals surface area contributed by atoms with Crippen LogP contribution >= 0.6 is 0 Å². The molecule has 0 spiro atoms. The second-order valence-electron chi connectivity index (χ2n) is 6.72. The number of nitrogens with zero attached hydrogens (tertiary/aromatic N) is 2. The van der Waals surface area contributed by atoms with Crippen molar-refractivity contribution in [3.63, 3.8) is 0 Å². The highest BCUT2D eigenvalue weighted by Crippen LogP contribution is 2.17. The fraction of sp³-hybridized carbons (Fsp3) is 0.824. The molecule has 1 heterocycles. The quantitative estimate of drug-likeness (QED) is 0.619. The number of likely N-dealkylation sites (N-methyl/N-ethyl adjacent to an activating group) is 1. The van der Waals surface area contributed by atoms with Crippen LogP contribution < -0.4 is 10.6 Å². The molecule has 0 radical (unpaired) electrons. The first-order chi connectivity index (χ1) is 11.3. The van der Waals surface area contributed by atoms with Crippen molar-refractivity contribution in [3.8, 4) is 0 Å². The minimum Gasteiger partial charge on any atom is -0.356 e. The first-order valence-corrected chi connectivity index (χ1v) is 8.85. The number of carbonyl (C=O) groups is 3. The topological polar surface area (TPSA) is 81.8 Å². The third kappa shape index (κ3) is 6.86. The standard InChI is InChI=1S/C17H32N4O3/c1-5-6-9-18-16(23)14-7-10-21(11-8-14)12-15(22)19-13(2)17(24)20(3)4/h13-14H,5-12H2,1-4H3,(H,18,23)(H,19,22). The van der Waals surface area contributed by atoms with Gasteiger partial charge >= 0.3 is 0 Å². The van der Waals surface area contributed by atoms with Crippen molar-refractivity contribution < 1.29 is 14.4 Å². The molecule has 1 rings (SSSR count). The minimum atomic E-state index is -0.519. The van der Waals surface area contributed by atoms with Gasteiger partial charge in [-0.3, -0.25) is 19.3 Å². The number of carbonyl (C=O) groups excluding carboxylic acids is 3. The summed E-state index contributed by atoms with van der Waals surface area (Å²) in [5.41, 5.74) is 0. The van der Waals surface area contributed by atoms with E-state index in [1.54, 1.807) is 21.0 Å². The van der Waals surface area contributed by atoms with Crippen molar-refractivity contribution in [1.82, 2.24) is 20.4 Å². The Kier molecular flexibility index (Phi) is 8.74. The number of hydrogen-bond donors (Lipinski definition) is 2. The molecule has 3 amide bonds. The van der Waals surface area contributed by atoms with Gasteiger partial charge in [0.25, 0.3) is 0 Å². The van der Waals surface area contributed by atoms with Gasteiger partial charge in [-0.1, -0.05) is 13.3 Å². The number of rotatable bonds is 8. The van der Waals surface area contributed by atoms with Crippen LogP contribution in [0.5, 0.6) is 0 Å². The van der Waals surface area contributed by atoms with E-state index in [9.17, 15) is 14.4 Å². The Bertz CT molecular complexity index is 432. The van der Waals surface area contributed by atoms with Gasteiger partial charge in [0, 0.05) is 26.6 Å². The van der Waals surface area contributed by atoms with Crippen LogP contribution in [0.3, 0.4) is 0 Å². The van der Waals surface area contributed by atoms with E-state index in [2.05, 4.69) is 17.6 Å². The number of unbranched alkanes of at least 4 members (excludes halogenated alkanes) is 1. The summed E-state index contributed by atoms with van der Waals surface area (Å²) in [5, 5.41) is 5.70. The summed E-state index contributed by atoms with van der Waals surface area (Å²) in [6, 6.07) is -0.519. The van der Waals surface area contributed by atoms with E-state index in [0.717, 1.165) is 45.3 Å². The molecule has 7 nitrogen and oxygen atoms in total. The predicted octanol–water partition coefficient (Wildman–Crippen LogP) is 0.208. The molecule has 2 N–H and O–H groups in total. The van der Waals surface area contributed by atoms with Gasteiger partial charge in [0.2, 0.25) is 17.7 Å². The summed E-state index contributed by atoms with van der Waals surface area (Å²) in [6.45, 7) is 6.27. The maximum absolute atomic E-state index is 12.0. The molecule has 1 aliphatic heterocycles. The molecule has 0 aromatic heterocycles. The minimum absolute atomic E-state index is 0.0513. The number of nitrogens with one attached hydrogen (secondary N) is 2. The third-order valence-electron chi connectivity index (χ3n) is 4.34. The summed E-state index contributed by atoms with van der Waals surface area (Å²) < 4.78 is 0. The summed E-state index contributed by atoms with van der Waals surface area (Å²) in [5.74, 6) is -0.0810. The summed E-state index contributed by atoms with van der Waals surface area (Å²) in [7, 11) is 3.34. The number of piperidine rings is 1. The van der Waals surface area contributed by atoms with Gasteiger partial charge in [-0.25, -0.2) is 0 Å². The van der Waals surface area contributed by atoms with Crippen LogP contribution in [0.2, 0.25) is 0 Å². The van der Waals surface area contributed by atoms with E-state index >= 15 is 0 Å².